The highest BCUT2D eigenvalue weighted by Crippen LogP contribution is 2.10. The van der Waals surface area contributed by atoms with Gasteiger partial charge in [-0.05, 0) is 0 Å². The van der Waals surface area contributed by atoms with E-state index in [4.69, 9.17) is 5.11 Å². The van der Waals surface area contributed by atoms with Crippen molar-refractivity contribution < 1.29 is 5.11 Å². The molecule has 14 heavy (non-hydrogen) atoms. The lowest BCUT2D eigenvalue weighted by molar-refractivity contribution is 0.452. The molecule has 0 fully saturated rings. The third kappa shape index (κ3) is 1.47. The summed E-state index contributed by atoms with van der Waals surface area (Å²) >= 11 is 0. The van der Waals surface area contributed by atoms with Crippen molar-refractivity contribution in [3.8, 4) is 17.4 Å². The molecule has 0 aliphatic carbocycles. The Morgan fingerprint density at radius 2 is 2.36 bits per heavy atom. The number of nitrogens with zero attached hydrogens (tertiary/aromatic N) is 4. The highest BCUT2D eigenvalue weighted by atomic mass is 16.3. The van der Waals surface area contributed by atoms with E-state index in [1.165, 1.54) is 4.68 Å². The van der Waals surface area contributed by atoms with Crippen molar-refractivity contribution in [1.29, 1.82) is 0 Å². The van der Waals surface area contributed by atoms with Crippen molar-refractivity contribution in [1.82, 2.24) is 25.0 Å². The van der Waals surface area contributed by atoms with Gasteiger partial charge in [0.1, 0.15) is 5.69 Å². The molecule has 2 aromatic rings. The lowest BCUT2D eigenvalue weighted by Gasteiger charge is -1.94. The number of aromatic amines is 1. The zero-order valence-corrected chi connectivity index (χ0v) is 7.30. The van der Waals surface area contributed by atoms with Gasteiger partial charge in [0.05, 0.1) is 12.3 Å². The van der Waals surface area contributed by atoms with Crippen LogP contribution < -0.4 is 5.56 Å². The van der Waals surface area contributed by atoms with Crippen molar-refractivity contribution in [2.24, 2.45) is 7.05 Å². The Morgan fingerprint density at radius 3 is 2.93 bits per heavy atom. The number of rotatable bonds is 1. The Morgan fingerprint density at radius 1 is 1.57 bits per heavy atom. The fourth-order valence-electron chi connectivity index (χ4n) is 1.02. The van der Waals surface area contributed by atoms with Crippen molar-refractivity contribution in [2.45, 2.75) is 0 Å². The van der Waals surface area contributed by atoms with Crippen molar-refractivity contribution in [3.05, 3.63) is 22.6 Å². The number of hydrogen-bond acceptors (Lipinski definition) is 5. The molecule has 0 aliphatic rings. The molecule has 72 valence electrons. The van der Waals surface area contributed by atoms with Gasteiger partial charge in [0.2, 0.25) is 5.88 Å². The van der Waals surface area contributed by atoms with E-state index in [0.717, 1.165) is 6.07 Å². The van der Waals surface area contributed by atoms with Gasteiger partial charge in [-0.1, -0.05) is 5.21 Å². The first-order valence-corrected chi connectivity index (χ1v) is 3.82. The molecule has 2 rings (SSSR count). The number of aromatic hydroxyl groups is 1. The smallest absolute Gasteiger partial charge is 0.255 e. The molecule has 0 spiro atoms. The molecule has 0 bridgehead atoms. The largest absolute Gasteiger partial charge is 0.493 e. The molecule has 7 nitrogen and oxygen atoms in total. The molecule has 0 saturated carbocycles. The second-order valence-corrected chi connectivity index (χ2v) is 2.73. The van der Waals surface area contributed by atoms with Crippen LogP contribution in [-0.2, 0) is 7.05 Å². The zero-order chi connectivity index (χ0) is 10.1. The van der Waals surface area contributed by atoms with Crippen LogP contribution >= 0.6 is 0 Å². The van der Waals surface area contributed by atoms with Crippen LogP contribution in [0.1, 0.15) is 0 Å². The Balaban J connectivity index is 2.56. The van der Waals surface area contributed by atoms with E-state index in [1.54, 1.807) is 13.2 Å². The van der Waals surface area contributed by atoms with Crippen LogP contribution in [-0.4, -0.2) is 30.1 Å². The first-order chi connectivity index (χ1) is 6.65. The average Bonchev–Trinajstić information content (AvgIpc) is 2.50. The van der Waals surface area contributed by atoms with Crippen molar-refractivity contribution >= 4 is 0 Å². The summed E-state index contributed by atoms with van der Waals surface area (Å²) in [4.78, 5) is 17.1. The highest BCUT2D eigenvalue weighted by molar-refractivity contribution is 5.46. The van der Waals surface area contributed by atoms with Gasteiger partial charge >= 0.3 is 0 Å². The maximum Gasteiger partial charge on any atom is 0.255 e. The molecular weight excluding hydrogens is 186 g/mol. The molecule has 2 heterocycles. The number of aromatic nitrogens is 5. The summed E-state index contributed by atoms with van der Waals surface area (Å²) in [6.45, 7) is 0. The van der Waals surface area contributed by atoms with E-state index in [-0.39, 0.29) is 11.7 Å². The van der Waals surface area contributed by atoms with E-state index >= 15 is 0 Å². The Bertz CT molecular complexity index is 515. The lowest BCUT2D eigenvalue weighted by atomic mass is 10.4. The number of H-pyrrole nitrogens is 1. The summed E-state index contributed by atoms with van der Waals surface area (Å²) in [5.41, 5.74) is -0.0290. The van der Waals surface area contributed by atoms with Crippen molar-refractivity contribution in [2.75, 3.05) is 0 Å². The monoisotopic (exact) mass is 193 g/mol. The summed E-state index contributed by atoms with van der Waals surface area (Å²) in [6.07, 6.45) is 1.58. The Kier molecular flexibility index (Phi) is 1.77. The highest BCUT2D eigenvalue weighted by Gasteiger charge is 2.06. The zero-order valence-electron chi connectivity index (χ0n) is 7.30. The normalized spacial score (nSPS) is 10.4. The molecule has 0 atom stereocenters. The fourth-order valence-corrected chi connectivity index (χ4v) is 1.02. The predicted octanol–water partition coefficient (Wildman–Crippen LogP) is -0.729. The van der Waals surface area contributed by atoms with Crippen LogP contribution in [0.4, 0.5) is 0 Å². The first-order valence-electron chi connectivity index (χ1n) is 3.82. The third-order valence-electron chi connectivity index (χ3n) is 1.57. The molecular formula is C7H7N5O2. The van der Waals surface area contributed by atoms with Gasteiger partial charge in [0.25, 0.3) is 5.56 Å². The fraction of sp³-hybridized carbons (Fsp3) is 0.143. The van der Waals surface area contributed by atoms with E-state index in [9.17, 15) is 4.79 Å². The molecule has 0 amide bonds. The standard InChI is InChI=1S/C7H7N5O2/c1-12-3-4(10-11-12)7-8-5(13)2-6(14)9-7/h2-3H,1H3,(H2,8,9,13,14). The van der Waals surface area contributed by atoms with Gasteiger partial charge in [0.15, 0.2) is 5.82 Å². The van der Waals surface area contributed by atoms with Crippen LogP contribution in [0.25, 0.3) is 11.5 Å². The van der Waals surface area contributed by atoms with Crippen LogP contribution in [0, 0.1) is 0 Å². The maximum atomic E-state index is 11.0. The minimum absolute atomic E-state index is 0.197. The molecule has 0 unspecified atom stereocenters. The van der Waals surface area contributed by atoms with E-state index in [1.807, 2.05) is 0 Å². The third-order valence-corrected chi connectivity index (χ3v) is 1.57. The van der Waals surface area contributed by atoms with Crippen LogP contribution in [0.2, 0.25) is 0 Å². The van der Waals surface area contributed by atoms with Gasteiger partial charge in [0, 0.05) is 7.05 Å². The first kappa shape index (κ1) is 8.42. The van der Waals surface area contributed by atoms with Gasteiger partial charge in [-0.15, -0.1) is 5.10 Å². The SMILES string of the molecule is Cn1cc(-c2nc(O)cc(=O)[nH]2)nn1. The van der Waals surface area contributed by atoms with Crippen LogP contribution in [0.5, 0.6) is 5.88 Å². The lowest BCUT2D eigenvalue weighted by Crippen LogP contribution is -2.06. The van der Waals surface area contributed by atoms with Gasteiger partial charge < -0.3 is 10.1 Å². The minimum atomic E-state index is -0.432. The second kappa shape index (κ2) is 2.95. The molecule has 0 radical (unpaired) electrons. The van der Waals surface area contributed by atoms with Crippen LogP contribution in [0.15, 0.2) is 17.1 Å². The molecule has 2 aromatic heterocycles. The topological polar surface area (TPSA) is 96.7 Å². The Hall–Kier alpha value is -2.18. The minimum Gasteiger partial charge on any atom is -0.493 e. The maximum absolute atomic E-state index is 11.0. The summed E-state index contributed by atoms with van der Waals surface area (Å²) in [7, 11) is 1.69. The van der Waals surface area contributed by atoms with Crippen molar-refractivity contribution in [3.63, 3.8) is 0 Å². The summed E-state index contributed by atoms with van der Waals surface area (Å²) in [6, 6.07) is 0.986. The van der Waals surface area contributed by atoms with Gasteiger partial charge in [-0.2, -0.15) is 4.98 Å². The molecule has 0 aliphatic heterocycles. The van der Waals surface area contributed by atoms with E-state index in [0.29, 0.717) is 5.69 Å². The molecule has 0 aromatic carbocycles. The second-order valence-electron chi connectivity index (χ2n) is 2.73. The average molecular weight is 193 g/mol. The summed E-state index contributed by atoms with van der Waals surface area (Å²) < 4.78 is 1.47. The van der Waals surface area contributed by atoms with Gasteiger partial charge in [-0.3, -0.25) is 9.48 Å². The van der Waals surface area contributed by atoms with E-state index < -0.39 is 5.56 Å². The number of hydrogen-bond donors (Lipinski definition) is 2. The van der Waals surface area contributed by atoms with Crippen LogP contribution in [0.3, 0.4) is 0 Å². The van der Waals surface area contributed by atoms with Gasteiger partial charge in [-0.25, -0.2) is 0 Å². The van der Waals surface area contributed by atoms with E-state index in [2.05, 4.69) is 20.3 Å². The molecule has 7 heteroatoms. The molecule has 0 saturated heterocycles. The molecule has 2 N–H and O–H groups in total. The predicted molar refractivity (Wildman–Crippen MR) is 46.5 cm³/mol. The number of aryl methyl sites for hydroxylation is 1. The quantitative estimate of drug-likeness (QED) is 0.622. The number of nitrogens with one attached hydrogen (secondary N) is 1. The summed E-state index contributed by atoms with van der Waals surface area (Å²) in [5.74, 6) is -0.141. The Labute approximate surface area is 78.0 Å². The summed E-state index contributed by atoms with van der Waals surface area (Å²) in [5, 5.41) is 16.5.